The van der Waals surface area contributed by atoms with Crippen molar-refractivity contribution in [2.45, 2.75) is 23.8 Å². The topological polar surface area (TPSA) is 34.1 Å². The Labute approximate surface area is 101 Å². The molecule has 2 nitrogen and oxygen atoms in total. The molecule has 94 valence electrons. The van der Waals surface area contributed by atoms with Gasteiger partial charge in [-0.2, -0.15) is 13.2 Å². The molecule has 1 aliphatic carbocycles. The lowest BCUT2D eigenvalue weighted by molar-refractivity contribution is -0.138. The molecule has 0 saturated heterocycles. The van der Waals surface area contributed by atoms with Crippen molar-refractivity contribution >= 4 is 19.7 Å². The molecule has 7 heteroatoms. The standard InChI is InChI=1S/C10H8ClF3O2S/c11-17(15,16)9-5-7(9)6-3-1-2-4-8(6)10(12,13)14/h1-4,7,9H,5H2. The number of benzene rings is 1. The van der Waals surface area contributed by atoms with E-state index >= 15 is 0 Å². The molecule has 0 aliphatic heterocycles. The largest absolute Gasteiger partial charge is 0.416 e. The molecule has 2 unspecified atom stereocenters. The lowest BCUT2D eigenvalue weighted by atomic mass is 10.0. The van der Waals surface area contributed by atoms with Crippen LogP contribution >= 0.6 is 10.7 Å². The smallest absolute Gasteiger partial charge is 0.212 e. The van der Waals surface area contributed by atoms with E-state index in [0.29, 0.717) is 0 Å². The molecule has 2 atom stereocenters. The Morgan fingerprint density at radius 2 is 1.82 bits per heavy atom. The van der Waals surface area contributed by atoms with Gasteiger partial charge in [-0.25, -0.2) is 8.42 Å². The first-order valence-corrected chi connectivity index (χ1v) is 7.18. The van der Waals surface area contributed by atoms with E-state index in [4.69, 9.17) is 10.7 Å². The van der Waals surface area contributed by atoms with E-state index in [2.05, 4.69) is 0 Å². The highest BCUT2D eigenvalue weighted by Gasteiger charge is 2.50. The number of hydrogen-bond donors (Lipinski definition) is 0. The van der Waals surface area contributed by atoms with Crippen molar-refractivity contribution in [2.75, 3.05) is 0 Å². The van der Waals surface area contributed by atoms with Gasteiger partial charge in [-0.1, -0.05) is 18.2 Å². The van der Waals surface area contributed by atoms with Gasteiger partial charge in [-0.3, -0.25) is 0 Å². The highest BCUT2D eigenvalue weighted by atomic mass is 35.7. The zero-order valence-electron chi connectivity index (χ0n) is 8.41. The zero-order valence-corrected chi connectivity index (χ0v) is 9.98. The van der Waals surface area contributed by atoms with Crippen molar-refractivity contribution < 1.29 is 21.6 Å². The van der Waals surface area contributed by atoms with Crippen LogP contribution in [0.1, 0.15) is 23.5 Å². The molecular weight excluding hydrogens is 277 g/mol. The Kier molecular flexibility index (Phi) is 2.90. The second-order valence-electron chi connectivity index (χ2n) is 3.94. The van der Waals surface area contributed by atoms with Crippen molar-refractivity contribution in [2.24, 2.45) is 0 Å². The van der Waals surface area contributed by atoms with Crippen LogP contribution in [-0.4, -0.2) is 13.7 Å². The molecular formula is C10H8ClF3O2S. The van der Waals surface area contributed by atoms with Crippen molar-refractivity contribution in [3.63, 3.8) is 0 Å². The average Bonchev–Trinajstić information content (AvgIpc) is 2.94. The molecule has 2 rings (SSSR count). The van der Waals surface area contributed by atoms with Crippen molar-refractivity contribution in [3.8, 4) is 0 Å². The minimum atomic E-state index is -4.47. The normalized spacial score (nSPS) is 24.7. The zero-order chi connectivity index (χ0) is 12.8. The van der Waals surface area contributed by atoms with Crippen LogP contribution in [0.3, 0.4) is 0 Å². The highest BCUT2D eigenvalue weighted by Crippen LogP contribution is 2.50. The van der Waals surface area contributed by atoms with Gasteiger partial charge < -0.3 is 0 Å². The van der Waals surface area contributed by atoms with E-state index in [0.717, 1.165) is 6.07 Å². The van der Waals surface area contributed by atoms with Crippen molar-refractivity contribution in [1.29, 1.82) is 0 Å². The van der Waals surface area contributed by atoms with E-state index in [-0.39, 0.29) is 12.0 Å². The maximum Gasteiger partial charge on any atom is 0.416 e. The van der Waals surface area contributed by atoms with Gasteiger partial charge >= 0.3 is 6.18 Å². The van der Waals surface area contributed by atoms with Gasteiger partial charge in [0.05, 0.1) is 10.8 Å². The molecule has 0 radical (unpaired) electrons. The second-order valence-corrected chi connectivity index (χ2v) is 6.79. The van der Waals surface area contributed by atoms with Gasteiger partial charge in [0.1, 0.15) is 0 Å². The van der Waals surface area contributed by atoms with Crippen LogP contribution in [0, 0.1) is 0 Å². The lowest BCUT2D eigenvalue weighted by Crippen LogP contribution is -2.10. The molecule has 0 aromatic heterocycles. The quantitative estimate of drug-likeness (QED) is 0.782. The molecule has 1 aromatic carbocycles. The summed E-state index contributed by atoms with van der Waals surface area (Å²) in [6.45, 7) is 0. The summed E-state index contributed by atoms with van der Waals surface area (Å²) in [5, 5.41) is -0.896. The molecule has 17 heavy (non-hydrogen) atoms. The number of alkyl halides is 3. The third-order valence-corrected chi connectivity index (χ3v) is 4.69. The fourth-order valence-corrected chi connectivity index (χ4v) is 3.46. The van der Waals surface area contributed by atoms with Crippen LogP contribution in [0.2, 0.25) is 0 Å². The van der Waals surface area contributed by atoms with Crippen LogP contribution in [0.25, 0.3) is 0 Å². The van der Waals surface area contributed by atoms with E-state index in [9.17, 15) is 21.6 Å². The Morgan fingerprint density at radius 3 is 2.29 bits per heavy atom. The Morgan fingerprint density at radius 1 is 1.24 bits per heavy atom. The van der Waals surface area contributed by atoms with E-state index in [1.807, 2.05) is 0 Å². The maximum atomic E-state index is 12.7. The SMILES string of the molecule is O=S(=O)(Cl)C1CC1c1ccccc1C(F)(F)F. The van der Waals surface area contributed by atoms with E-state index in [1.165, 1.54) is 18.2 Å². The van der Waals surface area contributed by atoms with Gasteiger partial charge in [-0.05, 0) is 18.1 Å². The molecule has 0 spiro atoms. The third kappa shape index (κ3) is 2.57. The number of halogens is 4. The van der Waals surface area contributed by atoms with Gasteiger partial charge in [0.2, 0.25) is 9.05 Å². The van der Waals surface area contributed by atoms with Crippen LogP contribution in [0.4, 0.5) is 13.2 Å². The maximum absolute atomic E-state index is 12.7. The first kappa shape index (κ1) is 12.7. The van der Waals surface area contributed by atoms with Crippen LogP contribution < -0.4 is 0 Å². The van der Waals surface area contributed by atoms with Gasteiger partial charge in [0, 0.05) is 16.6 Å². The summed E-state index contributed by atoms with van der Waals surface area (Å²) in [5.74, 6) is -0.643. The third-order valence-electron chi connectivity index (χ3n) is 2.76. The van der Waals surface area contributed by atoms with Gasteiger partial charge in [0.15, 0.2) is 0 Å². The molecule has 0 bridgehead atoms. The lowest BCUT2D eigenvalue weighted by Gasteiger charge is -2.11. The summed E-state index contributed by atoms with van der Waals surface area (Å²) in [5.41, 5.74) is -0.776. The molecule has 1 saturated carbocycles. The second kappa shape index (κ2) is 3.88. The molecule has 0 N–H and O–H groups in total. The molecule has 1 fully saturated rings. The number of hydrogen-bond acceptors (Lipinski definition) is 2. The first-order chi connectivity index (χ1) is 7.71. The summed E-state index contributed by atoms with van der Waals surface area (Å²) in [7, 11) is 1.35. The average molecular weight is 285 g/mol. The molecule has 1 aliphatic rings. The fraction of sp³-hybridized carbons (Fsp3) is 0.400. The monoisotopic (exact) mass is 284 g/mol. The summed E-state index contributed by atoms with van der Waals surface area (Å²) < 4.78 is 60.1. The predicted octanol–water partition coefficient (Wildman–Crippen LogP) is 3.13. The van der Waals surface area contributed by atoms with Crippen LogP contribution in [0.15, 0.2) is 24.3 Å². The fourth-order valence-electron chi connectivity index (χ4n) is 1.89. The van der Waals surface area contributed by atoms with Gasteiger partial charge in [0.25, 0.3) is 0 Å². The summed E-state index contributed by atoms with van der Waals surface area (Å²) in [6.07, 6.45) is -4.32. The Hall–Kier alpha value is -0.750. The minimum Gasteiger partial charge on any atom is -0.212 e. The molecule has 0 heterocycles. The molecule has 0 amide bonds. The van der Waals surface area contributed by atoms with E-state index in [1.54, 1.807) is 0 Å². The van der Waals surface area contributed by atoms with Crippen molar-refractivity contribution in [3.05, 3.63) is 35.4 Å². The van der Waals surface area contributed by atoms with Crippen LogP contribution in [-0.2, 0) is 15.2 Å². The first-order valence-electron chi connectivity index (χ1n) is 4.81. The summed E-state index contributed by atoms with van der Waals surface area (Å²) in [6, 6.07) is 4.99. The summed E-state index contributed by atoms with van der Waals surface area (Å²) in [4.78, 5) is 0. The van der Waals surface area contributed by atoms with Crippen molar-refractivity contribution in [1.82, 2.24) is 0 Å². The van der Waals surface area contributed by atoms with E-state index < -0.39 is 32.0 Å². The highest BCUT2D eigenvalue weighted by molar-refractivity contribution is 8.14. The predicted molar refractivity (Wildman–Crippen MR) is 57.4 cm³/mol. The molecule has 1 aromatic rings. The summed E-state index contributed by atoms with van der Waals surface area (Å²) >= 11 is 0. The minimum absolute atomic E-state index is 0.00854. The van der Waals surface area contributed by atoms with Gasteiger partial charge in [-0.15, -0.1) is 0 Å². The van der Waals surface area contributed by atoms with Crippen LogP contribution in [0.5, 0.6) is 0 Å². The Bertz CT molecular complexity index is 539. The number of rotatable bonds is 2. The Balaban J connectivity index is 2.37.